The lowest BCUT2D eigenvalue weighted by molar-refractivity contribution is 0.550. The fourth-order valence-corrected chi connectivity index (χ4v) is 5.15. The summed E-state index contributed by atoms with van der Waals surface area (Å²) in [6, 6.07) is 5.66. The number of benzene rings is 1. The number of aromatic nitrogens is 5. The highest BCUT2D eigenvalue weighted by molar-refractivity contribution is 7.90. The number of sulfone groups is 1. The Morgan fingerprint density at radius 1 is 1.09 bits per heavy atom. The first-order chi connectivity index (χ1) is 16.3. The molecule has 11 heteroatoms. The van der Waals surface area contributed by atoms with Gasteiger partial charge in [-0.15, -0.1) is 0 Å². The van der Waals surface area contributed by atoms with E-state index in [-0.39, 0.29) is 22.6 Å². The molecule has 0 atom stereocenters. The van der Waals surface area contributed by atoms with Crippen LogP contribution in [0, 0.1) is 11.6 Å². The normalized spacial score (nSPS) is 12.8. The molecule has 0 N–H and O–H groups in total. The molecular weight excluding hydrogens is 462 g/mol. The number of aliphatic imine (C=N–C) groups is 1. The van der Waals surface area contributed by atoms with Gasteiger partial charge in [-0.05, 0) is 18.2 Å². The minimum absolute atomic E-state index is 0.146. The number of rotatable bonds is 6. The Bertz CT molecular complexity index is 1550. The van der Waals surface area contributed by atoms with Gasteiger partial charge in [-0.25, -0.2) is 32.2 Å². The quantitative estimate of drug-likeness (QED) is 0.419. The van der Waals surface area contributed by atoms with Gasteiger partial charge in [0.1, 0.15) is 29.3 Å². The maximum Gasteiger partial charge on any atom is 0.201 e. The van der Waals surface area contributed by atoms with Crippen molar-refractivity contribution in [3.8, 4) is 11.3 Å². The van der Waals surface area contributed by atoms with Crippen molar-refractivity contribution in [1.29, 1.82) is 0 Å². The predicted octanol–water partition coefficient (Wildman–Crippen LogP) is 3.37. The van der Waals surface area contributed by atoms with E-state index in [2.05, 4.69) is 24.9 Å². The second-order valence-corrected chi connectivity index (χ2v) is 9.78. The molecule has 4 heterocycles. The number of nitrogens with zero attached hydrogens (tertiary/aromatic N) is 6. The van der Waals surface area contributed by atoms with E-state index in [1.807, 2.05) is 0 Å². The van der Waals surface area contributed by atoms with E-state index in [1.165, 1.54) is 29.6 Å². The van der Waals surface area contributed by atoms with E-state index in [1.54, 1.807) is 25.4 Å². The topological polar surface area (TPSA) is 103 Å². The first kappa shape index (κ1) is 22.0. The second kappa shape index (κ2) is 8.49. The van der Waals surface area contributed by atoms with Gasteiger partial charge in [0.25, 0.3) is 0 Å². The Hall–Kier alpha value is -3.86. The highest BCUT2D eigenvalue weighted by atomic mass is 32.2. The zero-order valence-corrected chi connectivity index (χ0v) is 18.8. The number of aryl methyl sites for hydroxylation is 1. The van der Waals surface area contributed by atoms with Crippen molar-refractivity contribution in [2.75, 3.05) is 0 Å². The molecule has 34 heavy (non-hydrogen) atoms. The molecule has 172 valence electrons. The van der Waals surface area contributed by atoms with E-state index in [9.17, 15) is 12.8 Å². The van der Waals surface area contributed by atoms with Crippen molar-refractivity contribution in [2.45, 2.75) is 23.6 Å². The average Bonchev–Trinajstić information content (AvgIpc) is 3.48. The van der Waals surface area contributed by atoms with Gasteiger partial charge in [0.2, 0.25) is 9.84 Å². The zero-order valence-electron chi connectivity index (χ0n) is 18.0. The molecule has 4 aromatic rings. The lowest BCUT2D eigenvalue weighted by Crippen LogP contribution is -2.10. The molecule has 0 saturated carbocycles. The van der Waals surface area contributed by atoms with Crippen LogP contribution in [0.1, 0.15) is 22.5 Å². The molecule has 0 aliphatic carbocycles. The average molecular weight is 481 g/mol. The number of hydrogen-bond acceptors (Lipinski definition) is 7. The third-order valence-corrected chi connectivity index (χ3v) is 7.04. The molecule has 0 unspecified atom stereocenters. The third kappa shape index (κ3) is 3.98. The summed E-state index contributed by atoms with van der Waals surface area (Å²) < 4.78 is 57.0. The van der Waals surface area contributed by atoms with Crippen molar-refractivity contribution < 1.29 is 17.2 Å². The summed E-state index contributed by atoms with van der Waals surface area (Å²) in [6.45, 7) is 0. The van der Waals surface area contributed by atoms with Crippen LogP contribution in [0.4, 0.5) is 14.5 Å². The van der Waals surface area contributed by atoms with Crippen LogP contribution in [0.5, 0.6) is 0 Å². The van der Waals surface area contributed by atoms with Crippen LogP contribution in [0.2, 0.25) is 0 Å². The van der Waals surface area contributed by atoms with Crippen molar-refractivity contribution in [3.63, 3.8) is 0 Å². The van der Waals surface area contributed by atoms with Crippen molar-refractivity contribution in [2.24, 2.45) is 12.0 Å². The first-order valence-corrected chi connectivity index (χ1v) is 12.0. The molecule has 0 spiro atoms. The second-order valence-electron chi connectivity index (χ2n) is 7.84. The van der Waals surface area contributed by atoms with Gasteiger partial charge >= 0.3 is 0 Å². The summed E-state index contributed by atoms with van der Waals surface area (Å²) in [5, 5.41) is -0.176. The van der Waals surface area contributed by atoms with Crippen LogP contribution >= 0.6 is 0 Å². The summed E-state index contributed by atoms with van der Waals surface area (Å²) in [5.41, 5.74) is 2.43. The number of pyridine rings is 1. The summed E-state index contributed by atoms with van der Waals surface area (Å²) in [4.78, 5) is 21.1. The molecule has 1 aliphatic heterocycles. The number of hydrogen-bond donors (Lipinski definition) is 0. The van der Waals surface area contributed by atoms with E-state index in [0.717, 1.165) is 17.8 Å². The van der Waals surface area contributed by atoms with Gasteiger partial charge in [-0.2, -0.15) is 0 Å². The van der Waals surface area contributed by atoms with Gasteiger partial charge in [0, 0.05) is 55.2 Å². The maximum atomic E-state index is 15.4. The highest BCUT2D eigenvalue weighted by Crippen LogP contribution is 2.35. The lowest BCUT2D eigenvalue weighted by Gasteiger charge is -2.13. The van der Waals surface area contributed by atoms with Gasteiger partial charge in [-0.1, -0.05) is 6.07 Å². The SMILES string of the molecule is Cn1cnc(S(=O)(=O)Cc2ccc(F)c(Cc3ncccc3-c3ncnc4c3N=CC4)c2F)c1. The van der Waals surface area contributed by atoms with Crippen molar-refractivity contribution in [1.82, 2.24) is 24.5 Å². The molecule has 5 rings (SSSR count). The molecule has 0 radical (unpaired) electrons. The Morgan fingerprint density at radius 2 is 1.94 bits per heavy atom. The number of halogens is 2. The van der Waals surface area contributed by atoms with Gasteiger partial charge in [0.05, 0.1) is 23.5 Å². The van der Waals surface area contributed by atoms with Crippen LogP contribution in [-0.4, -0.2) is 39.1 Å². The Morgan fingerprint density at radius 3 is 2.74 bits per heavy atom. The summed E-state index contributed by atoms with van der Waals surface area (Å²) in [6.07, 6.45) is 7.73. The van der Waals surface area contributed by atoms with E-state index < -0.39 is 27.2 Å². The molecule has 1 aromatic carbocycles. The van der Waals surface area contributed by atoms with Gasteiger partial charge in [0.15, 0.2) is 5.03 Å². The van der Waals surface area contributed by atoms with Gasteiger partial charge < -0.3 is 4.57 Å². The molecule has 3 aromatic heterocycles. The monoisotopic (exact) mass is 480 g/mol. The van der Waals surface area contributed by atoms with Crippen molar-refractivity contribution in [3.05, 3.63) is 83.5 Å². The molecule has 0 fully saturated rings. The molecule has 0 saturated heterocycles. The predicted molar refractivity (Wildman–Crippen MR) is 120 cm³/mol. The zero-order chi connectivity index (χ0) is 23.9. The Kier molecular flexibility index (Phi) is 5.48. The lowest BCUT2D eigenvalue weighted by atomic mass is 9.99. The smallest absolute Gasteiger partial charge is 0.201 e. The highest BCUT2D eigenvalue weighted by Gasteiger charge is 2.24. The van der Waals surface area contributed by atoms with Gasteiger partial charge in [-0.3, -0.25) is 9.98 Å². The Balaban J connectivity index is 1.53. The van der Waals surface area contributed by atoms with Crippen LogP contribution < -0.4 is 0 Å². The molecular formula is C23H18F2N6O2S. The van der Waals surface area contributed by atoms with E-state index >= 15 is 4.39 Å². The minimum Gasteiger partial charge on any atom is -0.339 e. The van der Waals surface area contributed by atoms with Crippen molar-refractivity contribution >= 4 is 21.7 Å². The standard InChI is InChI=1S/C23H18F2N6O2S/c1-31-10-20(30-13-31)34(32,33)11-14-4-5-17(24)16(21(14)25)9-19-15(3-2-7-26-19)22-23-18(6-8-27-23)28-12-29-22/h2-5,7-8,10,12-13H,6,9,11H2,1H3. The fraction of sp³-hybridized carbons (Fsp3) is 0.174. The fourth-order valence-electron chi connectivity index (χ4n) is 3.83. The number of imidazole rings is 1. The largest absolute Gasteiger partial charge is 0.339 e. The molecule has 8 nitrogen and oxygen atoms in total. The third-order valence-electron chi connectivity index (χ3n) is 5.50. The summed E-state index contributed by atoms with van der Waals surface area (Å²) in [5.74, 6) is -2.37. The van der Waals surface area contributed by atoms with Crippen LogP contribution in [-0.2, 0) is 35.5 Å². The van der Waals surface area contributed by atoms with Crippen LogP contribution in [0.15, 0.2) is 59.3 Å². The van der Waals surface area contributed by atoms with E-state index in [4.69, 9.17) is 0 Å². The maximum absolute atomic E-state index is 15.4. The molecule has 0 bridgehead atoms. The van der Waals surface area contributed by atoms with Crippen LogP contribution in [0.3, 0.4) is 0 Å². The Labute approximate surface area is 194 Å². The van der Waals surface area contributed by atoms with Crippen LogP contribution in [0.25, 0.3) is 11.3 Å². The number of fused-ring (bicyclic) bond motifs is 1. The summed E-state index contributed by atoms with van der Waals surface area (Å²) in [7, 11) is -2.29. The summed E-state index contributed by atoms with van der Waals surface area (Å²) >= 11 is 0. The van der Waals surface area contributed by atoms with E-state index in [0.29, 0.717) is 29.1 Å². The first-order valence-electron chi connectivity index (χ1n) is 10.3. The molecule has 0 amide bonds. The minimum atomic E-state index is -3.92. The molecule has 1 aliphatic rings.